The van der Waals surface area contributed by atoms with Crippen LogP contribution < -0.4 is 0 Å². The Morgan fingerprint density at radius 1 is 0.750 bits per heavy atom. The first-order valence-electron chi connectivity index (χ1n) is 0.928. The molecule has 0 heterocycles. The summed E-state index contributed by atoms with van der Waals surface area (Å²) < 4.78 is 0. The normalized spacial score (nSPS) is 2.08. The van der Waals surface area contributed by atoms with Crippen LogP contribution in [0.25, 0.3) is 0 Å². The Bertz CT molecular complexity index is 38.0. The summed E-state index contributed by atoms with van der Waals surface area (Å²) >= 11 is 0. The number of carbonyl (C=O) groups is 1. The average molecular weight is 381 g/mol. The third-order valence-corrected chi connectivity index (χ3v) is 0. The van der Waals surface area contributed by atoms with E-state index in [-0.39, 0.29) is 411 Å². The second-order valence-corrected chi connectivity index (χ2v) is 0.519. The van der Waals surface area contributed by atoms with Crippen LogP contribution >= 0.6 is 0 Å². The number of carboxylic acids is 1. The number of aliphatic carboxylic acids is 1. The van der Waals surface area contributed by atoms with Gasteiger partial charge in [0.15, 0.2) is 0 Å². The molecular formula is C2H12K8O2. The summed E-state index contributed by atoms with van der Waals surface area (Å²) in [5, 5.41) is 7.42. The molecule has 0 rings (SSSR count). The van der Waals surface area contributed by atoms with Crippen LogP contribution in [0.5, 0.6) is 0 Å². The minimum absolute atomic E-state index is 0. The zero-order valence-corrected chi connectivity index (χ0v) is 2.36. The Morgan fingerprint density at radius 2 is 0.750 bits per heavy atom. The van der Waals surface area contributed by atoms with Crippen molar-refractivity contribution in [1.82, 2.24) is 0 Å². The van der Waals surface area contributed by atoms with Gasteiger partial charge in [0.1, 0.15) is 0 Å². The van der Waals surface area contributed by atoms with Crippen LogP contribution in [0.4, 0.5) is 0 Å². The standard InChI is InChI=1S/C2H4O2.8K.8H/c1-2(3)4;;;;;;;;;;;;;;;;/h1H3,(H,3,4);;;;;;;;;;;;;;;;. The van der Waals surface area contributed by atoms with Gasteiger partial charge in [-0.25, -0.2) is 0 Å². The van der Waals surface area contributed by atoms with Crippen molar-refractivity contribution in [2.75, 3.05) is 0 Å². The van der Waals surface area contributed by atoms with Crippen LogP contribution in [0.2, 0.25) is 0 Å². The molecule has 0 saturated heterocycles. The quantitative estimate of drug-likeness (QED) is 0.427. The fourth-order valence-electron chi connectivity index (χ4n) is 0. The van der Waals surface area contributed by atoms with Crippen molar-refractivity contribution < 1.29 is 9.90 Å². The van der Waals surface area contributed by atoms with Gasteiger partial charge in [-0.15, -0.1) is 0 Å². The first-order valence-corrected chi connectivity index (χ1v) is 0.928. The average Bonchev–Trinajstić information content (AvgIpc) is 0.811. The van der Waals surface area contributed by atoms with E-state index < -0.39 is 5.97 Å². The van der Waals surface area contributed by atoms with Crippen molar-refractivity contribution in [3.63, 3.8) is 0 Å². The van der Waals surface area contributed by atoms with E-state index in [9.17, 15) is 0 Å². The summed E-state index contributed by atoms with van der Waals surface area (Å²) in [5.41, 5.74) is 0. The molecule has 0 radical (unpaired) electrons. The molecule has 1 N–H and O–H groups in total. The van der Waals surface area contributed by atoms with Crippen molar-refractivity contribution in [3.05, 3.63) is 0 Å². The molecule has 0 aliphatic carbocycles. The van der Waals surface area contributed by atoms with Gasteiger partial charge >= 0.3 is 411 Å². The van der Waals surface area contributed by atoms with E-state index >= 15 is 0 Å². The predicted molar refractivity (Wildman–Crippen MR) is 70.5 cm³/mol. The molecule has 0 aromatic heterocycles. The second kappa shape index (κ2) is 49.5. The van der Waals surface area contributed by atoms with Crippen molar-refractivity contribution >= 4 is 417 Å². The molecule has 2 nitrogen and oxygen atoms in total. The molecule has 0 saturated carbocycles. The van der Waals surface area contributed by atoms with Crippen LogP contribution in [-0.2, 0) is 4.79 Å². The maximum atomic E-state index is 9.00. The molecule has 0 spiro atoms. The number of hydrogen-bond acceptors (Lipinski definition) is 1. The maximum absolute atomic E-state index is 9.00. The van der Waals surface area contributed by atoms with Gasteiger partial charge < -0.3 is 5.11 Å². The summed E-state index contributed by atoms with van der Waals surface area (Å²) in [6.45, 7) is 1.08. The molecular weight excluding hydrogens is 369 g/mol. The van der Waals surface area contributed by atoms with E-state index in [0.717, 1.165) is 6.92 Å². The summed E-state index contributed by atoms with van der Waals surface area (Å²) in [6.07, 6.45) is 0. The van der Waals surface area contributed by atoms with Gasteiger partial charge in [-0.2, -0.15) is 0 Å². The molecule has 12 heavy (non-hydrogen) atoms. The number of hydrogen-bond donors (Lipinski definition) is 1. The summed E-state index contributed by atoms with van der Waals surface area (Å²) in [6, 6.07) is 0. The Labute approximate surface area is 415 Å². The van der Waals surface area contributed by atoms with Gasteiger partial charge in [0.25, 0.3) is 5.97 Å². The van der Waals surface area contributed by atoms with E-state index in [1.165, 1.54) is 0 Å². The van der Waals surface area contributed by atoms with Crippen molar-refractivity contribution in [1.29, 1.82) is 0 Å². The van der Waals surface area contributed by atoms with Gasteiger partial charge in [-0.05, 0) is 0 Å². The summed E-state index contributed by atoms with van der Waals surface area (Å²) in [5.74, 6) is -0.833. The molecule has 0 unspecified atom stereocenters. The van der Waals surface area contributed by atoms with Gasteiger partial charge in [0.2, 0.25) is 0 Å². The van der Waals surface area contributed by atoms with Crippen molar-refractivity contribution in [2.45, 2.75) is 6.92 Å². The fourth-order valence-corrected chi connectivity index (χ4v) is 0. The van der Waals surface area contributed by atoms with Crippen LogP contribution in [0.3, 0.4) is 0 Å². The molecule has 0 aliphatic rings. The Hall–Kier alpha value is 12.6. The molecule has 0 aromatic rings. The van der Waals surface area contributed by atoms with E-state index in [1.54, 1.807) is 0 Å². The third kappa shape index (κ3) is 66.5. The van der Waals surface area contributed by atoms with Crippen molar-refractivity contribution in [3.8, 4) is 0 Å². The summed E-state index contributed by atoms with van der Waals surface area (Å²) in [7, 11) is 0. The molecule has 10 heteroatoms. The SMILES string of the molecule is CC(=O)O.[KH].[KH].[KH].[KH].[KH].[KH].[KH].[KH]. The number of rotatable bonds is 0. The van der Waals surface area contributed by atoms with E-state index in [1.807, 2.05) is 0 Å². The Morgan fingerprint density at radius 3 is 0.750 bits per heavy atom. The van der Waals surface area contributed by atoms with E-state index in [0.29, 0.717) is 0 Å². The first-order chi connectivity index (χ1) is 1.73. The fraction of sp³-hybridized carbons (Fsp3) is 0.500. The monoisotopic (exact) mass is 380 g/mol. The second-order valence-electron chi connectivity index (χ2n) is 0.519. The van der Waals surface area contributed by atoms with Crippen LogP contribution in [0, 0.1) is 0 Å². The van der Waals surface area contributed by atoms with Crippen molar-refractivity contribution in [2.24, 2.45) is 0 Å². The van der Waals surface area contributed by atoms with Gasteiger partial charge in [-0.1, -0.05) is 0 Å². The zero-order chi connectivity index (χ0) is 3.58. The minimum atomic E-state index is -0.833. The Balaban J connectivity index is -0.00000000161. The number of carboxylic acid groups (broad SMARTS) is 1. The van der Waals surface area contributed by atoms with E-state index in [4.69, 9.17) is 9.90 Å². The molecule has 0 atom stereocenters. The Kier molecular flexibility index (Phi) is 232. The van der Waals surface area contributed by atoms with Crippen LogP contribution in [0.15, 0.2) is 0 Å². The topological polar surface area (TPSA) is 37.3 Å². The molecule has 0 aliphatic heterocycles. The summed E-state index contributed by atoms with van der Waals surface area (Å²) in [4.78, 5) is 9.00. The van der Waals surface area contributed by atoms with Crippen LogP contribution in [-0.4, -0.2) is 422 Å². The first kappa shape index (κ1) is 56.3. The van der Waals surface area contributed by atoms with Gasteiger partial charge in [-0.3, -0.25) is 4.79 Å². The van der Waals surface area contributed by atoms with Crippen LogP contribution in [0.1, 0.15) is 6.92 Å². The van der Waals surface area contributed by atoms with Gasteiger partial charge in [0, 0.05) is 6.92 Å². The third-order valence-electron chi connectivity index (χ3n) is 0. The molecule has 0 bridgehead atoms. The van der Waals surface area contributed by atoms with E-state index in [2.05, 4.69) is 0 Å². The van der Waals surface area contributed by atoms with Gasteiger partial charge in [0.05, 0.1) is 0 Å². The molecule has 40 valence electrons. The molecule has 0 aromatic carbocycles. The molecule has 0 amide bonds. The predicted octanol–water partition coefficient (Wildman–Crippen LogP) is -5.10. The molecule has 0 fully saturated rings. The zero-order valence-electron chi connectivity index (χ0n) is 2.36.